The van der Waals surface area contributed by atoms with Gasteiger partial charge in [0.2, 0.25) is 0 Å². The monoisotopic (exact) mass is 307 g/mol. The standard InChI is InChI=1S/C18H29NOS/c1-2-11-21-14-15-7-9-18(10-8-15)19-12-16-5-3-4-6-17(16)13-20/h7-10,16-17,19-20H,2-6,11-14H2,1H3. The van der Waals surface area contributed by atoms with Crippen LogP contribution in [0.4, 0.5) is 5.69 Å². The maximum Gasteiger partial charge on any atom is 0.0462 e. The maximum atomic E-state index is 9.47. The van der Waals surface area contributed by atoms with E-state index in [1.165, 1.54) is 49.1 Å². The molecule has 0 radical (unpaired) electrons. The fourth-order valence-electron chi connectivity index (χ4n) is 3.10. The van der Waals surface area contributed by atoms with Crippen LogP contribution < -0.4 is 5.32 Å². The SMILES string of the molecule is CCCSCc1ccc(NCC2CCCCC2CO)cc1. The minimum absolute atomic E-state index is 0.347. The van der Waals surface area contributed by atoms with Crippen LogP contribution in [0.15, 0.2) is 24.3 Å². The number of hydrogen-bond acceptors (Lipinski definition) is 3. The molecule has 0 bridgehead atoms. The number of benzene rings is 1. The van der Waals surface area contributed by atoms with Crippen LogP contribution in [0, 0.1) is 11.8 Å². The van der Waals surface area contributed by atoms with E-state index < -0.39 is 0 Å². The van der Waals surface area contributed by atoms with E-state index in [9.17, 15) is 5.11 Å². The summed E-state index contributed by atoms with van der Waals surface area (Å²) in [6.07, 6.45) is 6.29. The smallest absolute Gasteiger partial charge is 0.0462 e. The van der Waals surface area contributed by atoms with Crippen molar-refractivity contribution in [2.45, 2.75) is 44.8 Å². The van der Waals surface area contributed by atoms with Gasteiger partial charge in [0, 0.05) is 24.6 Å². The lowest BCUT2D eigenvalue weighted by molar-refractivity contribution is 0.141. The van der Waals surface area contributed by atoms with Crippen molar-refractivity contribution in [1.82, 2.24) is 0 Å². The molecule has 2 nitrogen and oxygen atoms in total. The van der Waals surface area contributed by atoms with Gasteiger partial charge in [0.05, 0.1) is 0 Å². The summed E-state index contributed by atoms with van der Waals surface area (Å²) < 4.78 is 0. The molecule has 0 aliphatic heterocycles. The highest BCUT2D eigenvalue weighted by Gasteiger charge is 2.23. The molecule has 1 fully saturated rings. The molecular formula is C18H29NOS. The number of rotatable bonds is 8. The van der Waals surface area contributed by atoms with Crippen LogP contribution in [-0.4, -0.2) is 24.0 Å². The predicted molar refractivity (Wildman–Crippen MR) is 93.9 cm³/mol. The summed E-state index contributed by atoms with van der Waals surface area (Å²) in [6.45, 7) is 3.57. The van der Waals surface area contributed by atoms with E-state index in [4.69, 9.17) is 0 Å². The molecule has 2 N–H and O–H groups in total. The van der Waals surface area contributed by atoms with Crippen molar-refractivity contribution in [3.63, 3.8) is 0 Å². The second-order valence-corrected chi connectivity index (χ2v) is 7.22. The minimum atomic E-state index is 0.347. The number of hydrogen-bond donors (Lipinski definition) is 2. The predicted octanol–water partition coefficient (Wildman–Crippen LogP) is 4.54. The molecule has 2 rings (SSSR count). The topological polar surface area (TPSA) is 32.3 Å². The van der Waals surface area contributed by atoms with E-state index in [0.717, 1.165) is 12.3 Å². The molecule has 118 valence electrons. The van der Waals surface area contributed by atoms with E-state index in [-0.39, 0.29) is 0 Å². The number of anilines is 1. The Labute approximate surface area is 133 Å². The van der Waals surface area contributed by atoms with E-state index in [0.29, 0.717) is 18.4 Å². The van der Waals surface area contributed by atoms with Gasteiger partial charge in [0.25, 0.3) is 0 Å². The first kappa shape index (κ1) is 16.7. The molecule has 1 aromatic rings. The summed E-state index contributed by atoms with van der Waals surface area (Å²) in [6, 6.07) is 8.85. The summed E-state index contributed by atoms with van der Waals surface area (Å²) in [5, 5.41) is 13.0. The average molecular weight is 308 g/mol. The van der Waals surface area contributed by atoms with Gasteiger partial charge in [0.1, 0.15) is 0 Å². The zero-order valence-electron chi connectivity index (χ0n) is 13.2. The van der Waals surface area contributed by atoms with E-state index >= 15 is 0 Å². The summed E-state index contributed by atoms with van der Waals surface area (Å²) in [7, 11) is 0. The fraction of sp³-hybridized carbons (Fsp3) is 0.667. The zero-order chi connectivity index (χ0) is 14.9. The van der Waals surface area contributed by atoms with Crippen molar-refractivity contribution in [3.8, 4) is 0 Å². The highest BCUT2D eigenvalue weighted by atomic mass is 32.2. The normalized spacial score (nSPS) is 22.2. The quantitative estimate of drug-likeness (QED) is 0.692. The Balaban J connectivity index is 1.77. The van der Waals surface area contributed by atoms with Gasteiger partial charge in [-0.3, -0.25) is 0 Å². The lowest BCUT2D eigenvalue weighted by Gasteiger charge is -2.30. The lowest BCUT2D eigenvalue weighted by atomic mass is 9.79. The van der Waals surface area contributed by atoms with Gasteiger partial charge < -0.3 is 10.4 Å². The molecule has 0 spiro atoms. The van der Waals surface area contributed by atoms with Gasteiger partial charge in [-0.1, -0.05) is 31.9 Å². The van der Waals surface area contributed by atoms with Gasteiger partial charge in [-0.2, -0.15) is 11.8 Å². The van der Waals surface area contributed by atoms with E-state index in [2.05, 4.69) is 36.5 Å². The minimum Gasteiger partial charge on any atom is -0.396 e. The van der Waals surface area contributed by atoms with Crippen molar-refractivity contribution >= 4 is 17.4 Å². The van der Waals surface area contributed by atoms with Crippen molar-refractivity contribution in [2.75, 3.05) is 24.2 Å². The van der Waals surface area contributed by atoms with Gasteiger partial charge in [-0.25, -0.2) is 0 Å². The number of nitrogens with one attached hydrogen (secondary N) is 1. The van der Waals surface area contributed by atoms with Crippen molar-refractivity contribution in [2.24, 2.45) is 11.8 Å². The second kappa shape index (κ2) is 9.37. The second-order valence-electron chi connectivity index (χ2n) is 6.12. The van der Waals surface area contributed by atoms with Crippen LogP contribution in [0.3, 0.4) is 0 Å². The summed E-state index contributed by atoms with van der Waals surface area (Å²) in [4.78, 5) is 0. The molecule has 3 heteroatoms. The third-order valence-electron chi connectivity index (χ3n) is 4.44. The first-order chi connectivity index (χ1) is 10.3. The van der Waals surface area contributed by atoms with Crippen LogP contribution in [-0.2, 0) is 5.75 Å². The fourth-order valence-corrected chi connectivity index (χ4v) is 3.96. The summed E-state index contributed by atoms with van der Waals surface area (Å²) in [5.41, 5.74) is 2.62. The van der Waals surface area contributed by atoms with Crippen molar-refractivity contribution in [1.29, 1.82) is 0 Å². The third-order valence-corrected chi connectivity index (χ3v) is 5.67. The molecule has 1 aliphatic carbocycles. The van der Waals surface area contributed by atoms with Crippen molar-refractivity contribution in [3.05, 3.63) is 29.8 Å². The van der Waals surface area contributed by atoms with Crippen LogP contribution in [0.1, 0.15) is 44.6 Å². The first-order valence-electron chi connectivity index (χ1n) is 8.35. The lowest BCUT2D eigenvalue weighted by Crippen LogP contribution is -2.28. The molecular weight excluding hydrogens is 278 g/mol. The summed E-state index contributed by atoms with van der Waals surface area (Å²) in [5.74, 6) is 3.48. The Morgan fingerprint density at radius 2 is 1.86 bits per heavy atom. The van der Waals surface area contributed by atoms with Gasteiger partial charge in [0.15, 0.2) is 0 Å². The molecule has 1 aromatic carbocycles. The number of aliphatic hydroxyl groups is 1. The van der Waals surface area contributed by atoms with E-state index in [1.54, 1.807) is 0 Å². The Morgan fingerprint density at radius 1 is 1.14 bits per heavy atom. The van der Waals surface area contributed by atoms with Gasteiger partial charge >= 0.3 is 0 Å². The molecule has 0 heterocycles. The highest BCUT2D eigenvalue weighted by Crippen LogP contribution is 2.30. The highest BCUT2D eigenvalue weighted by molar-refractivity contribution is 7.98. The molecule has 1 saturated carbocycles. The molecule has 0 aromatic heterocycles. The molecule has 0 saturated heterocycles. The van der Waals surface area contributed by atoms with E-state index in [1.807, 2.05) is 11.8 Å². The number of thioether (sulfide) groups is 1. The van der Waals surface area contributed by atoms with Crippen LogP contribution in [0.2, 0.25) is 0 Å². The molecule has 2 unspecified atom stereocenters. The number of aliphatic hydroxyl groups excluding tert-OH is 1. The molecule has 1 aliphatic rings. The third kappa shape index (κ3) is 5.55. The van der Waals surface area contributed by atoms with Crippen LogP contribution in [0.5, 0.6) is 0 Å². The average Bonchev–Trinajstić information content (AvgIpc) is 2.54. The summed E-state index contributed by atoms with van der Waals surface area (Å²) >= 11 is 2.00. The van der Waals surface area contributed by atoms with Crippen LogP contribution >= 0.6 is 11.8 Å². The van der Waals surface area contributed by atoms with Gasteiger partial charge in [-0.05, 0) is 54.5 Å². The molecule has 21 heavy (non-hydrogen) atoms. The Morgan fingerprint density at radius 3 is 2.52 bits per heavy atom. The molecule has 2 atom stereocenters. The first-order valence-corrected chi connectivity index (χ1v) is 9.50. The largest absolute Gasteiger partial charge is 0.396 e. The zero-order valence-corrected chi connectivity index (χ0v) is 14.0. The maximum absolute atomic E-state index is 9.47. The van der Waals surface area contributed by atoms with Crippen molar-refractivity contribution < 1.29 is 5.11 Å². The van der Waals surface area contributed by atoms with Crippen LogP contribution in [0.25, 0.3) is 0 Å². The Bertz CT molecular complexity index is 393. The molecule has 0 amide bonds. The Kier molecular flexibility index (Phi) is 7.45. The Hall–Kier alpha value is -0.670. The van der Waals surface area contributed by atoms with Gasteiger partial charge in [-0.15, -0.1) is 0 Å².